The summed E-state index contributed by atoms with van der Waals surface area (Å²) in [4.78, 5) is 0. The summed E-state index contributed by atoms with van der Waals surface area (Å²) in [6, 6.07) is 1.67. The highest BCUT2D eigenvalue weighted by molar-refractivity contribution is 5.26. The van der Waals surface area contributed by atoms with Crippen LogP contribution in [0.2, 0.25) is 0 Å². The van der Waals surface area contributed by atoms with E-state index in [0.29, 0.717) is 19.4 Å². The molecule has 0 aliphatic carbocycles. The van der Waals surface area contributed by atoms with Crippen LogP contribution >= 0.6 is 0 Å². The fraction of sp³-hybridized carbons (Fsp3) is 0.600. The van der Waals surface area contributed by atoms with Crippen LogP contribution < -0.4 is 5.32 Å². The molecule has 2 nitrogen and oxygen atoms in total. The lowest BCUT2D eigenvalue weighted by atomic mass is 9.83. The van der Waals surface area contributed by atoms with Gasteiger partial charge >= 0.3 is 0 Å². The normalized spacial score (nSPS) is 13.6. The minimum Gasteiger partial charge on any atom is -0.373 e. The number of ether oxygens (including phenoxy) is 1. The van der Waals surface area contributed by atoms with Crippen molar-refractivity contribution in [3.63, 3.8) is 0 Å². The number of rotatable bonds is 7. The topological polar surface area (TPSA) is 21.3 Å². The molecule has 114 valence electrons. The van der Waals surface area contributed by atoms with Crippen molar-refractivity contribution in [2.24, 2.45) is 0 Å². The molecular formula is C15H22F3NO. The van der Waals surface area contributed by atoms with Crippen LogP contribution in [0.3, 0.4) is 0 Å². The van der Waals surface area contributed by atoms with Crippen LogP contribution in [0, 0.1) is 17.5 Å². The molecule has 1 rings (SSSR count). The molecule has 0 fully saturated rings. The maximum Gasteiger partial charge on any atom is 0.194 e. The first kappa shape index (κ1) is 17.0. The van der Waals surface area contributed by atoms with Crippen molar-refractivity contribution in [3.8, 4) is 0 Å². The molecule has 0 aliphatic heterocycles. The van der Waals surface area contributed by atoms with Gasteiger partial charge in [-0.3, -0.25) is 0 Å². The van der Waals surface area contributed by atoms with Gasteiger partial charge in [0, 0.05) is 12.2 Å². The first-order valence-corrected chi connectivity index (χ1v) is 6.91. The average molecular weight is 289 g/mol. The van der Waals surface area contributed by atoms with Gasteiger partial charge in [-0.05, 0) is 32.9 Å². The van der Waals surface area contributed by atoms with E-state index >= 15 is 0 Å². The maximum absolute atomic E-state index is 14.0. The number of nitrogens with one attached hydrogen (secondary N) is 1. The van der Waals surface area contributed by atoms with E-state index in [4.69, 9.17) is 4.74 Å². The Balaban J connectivity index is 3.34. The summed E-state index contributed by atoms with van der Waals surface area (Å²) in [7, 11) is 1.66. The molecule has 0 spiro atoms. The van der Waals surface area contributed by atoms with Crippen LogP contribution in [-0.2, 0) is 4.74 Å². The molecule has 0 heterocycles. The van der Waals surface area contributed by atoms with E-state index < -0.39 is 29.1 Å². The minimum absolute atomic E-state index is 0.0866. The molecule has 0 saturated heterocycles. The fourth-order valence-electron chi connectivity index (χ4n) is 2.70. The van der Waals surface area contributed by atoms with Crippen molar-refractivity contribution in [1.82, 2.24) is 5.32 Å². The second-order valence-electron chi connectivity index (χ2n) is 4.69. The van der Waals surface area contributed by atoms with Crippen LogP contribution in [0.5, 0.6) is 0 Å². The lowest BCUT2D eigenvalue weighted by Gasteiger charge is -2.39. The smallest absolute Gasteiger partial charge is 0.194 e. The highest BCUT2D eigenvalue weighted by Gasteiger charge is 2.38. The van der Waals surface area contributed by atoms with Gasteiger partial charge < -0.3 is 10.1 Å². The van der Waals surface area contributed by atoms with Crippen LogP contribution in [0.15, 0.2) is 12.1 Å². The van der Waals surface area contributed by atoms with Gasteiger partial charge in [0.2, 0.25) is 0 Å². The van der Waals surface area contributed by atoms with Crippen LogP contribution in [0.4, 0.5) is 13.2 Å². The molecule has 0 aromatic heterocycles. The number of hydrogen-bond donors (Lipinski definition) is 1. The zero-order chi connectivity index (χ0) is 15.3. The van der Waals surface area contributed by atoms with Gasteiger partial charge in [-0.1, -0.05) is 19.9 Å². The second kappa shape index (κ2) is 7.09. The monoisotopic (exact) mass is 289 g/mol. The largest absolute Gasteiger partial charge is 0.373 e. The van der Waals surface area contributed by atoms with Crippen molar-refractivity contribution in [3.05, 3.63) is 35.1 Å². The van der Waals surface area contributed by atoms with Crippen LogP contribution in [0.25, 0.3) is 0 Å². The zero-order valence-corrected chi connectivity index (χ0v) is 12.4. The van der Waals surface area contributed by atoms with E-state index in [1.807, 2.05) is 20.8 Å². The molecule has 1 atom stereocenters. The molecule has 5 heteroatoms. The zero-order valence-electron chi connectivity index (χ0n) is 12.4. The summed E-state index contributed by atoms with van der Waals surface area (Å²) in [5.41, 5.74) is -0.572. The standard InChI is InChI=1S/C15H22F3NO/c1-5-15(6-2,20-7-3)14(19-4)10-8-9-11(16)13(18)12(10)17/h8-9,14,19H,5-7H2,1-4H3. The van der Waals surface area contributed by atoms with Gasteiger partial charge in [-0.25, -0.2) is 13.2 Å². The van der Waals surface area contributed by atoms with Gasteiger partial charge in [-0.15, -0.1) is 0 Å². The maximum atomic E-state index is 14.0. The van der Waals surface area contributed by atoms with Gasteiger partial charge in [0.25, 0.3) is 0 Å². The highest BCUT2D eigenvalue weighted by Crippen LogP contribution is 2.37. The van der Waals surface area contributed by atoms with E-state index in [1.54, 1.807) is 7.05 Å². The Morgan fingerprint density at radius 2 is 1.70 bits per heavy atom. The van der Waals surface area contributed by atoms with Gasteiger partial charge in [0.15, 0.2) is 17.5 Å². The lowest BCUT2D eigenvalue weighted by molar-refractivity contribution is -0.0725. The number of halogens is 3. The lowest BCUT2D eigenvalue weighted by Crippen LogP contribution is -2.45. The molecule has 1 unspecified atom stereocenters. The molecule has 0 aliphatic rings. The SMILES string of the molecule is CCOC(CC)(CC)C(NC)c1ccc(F)c(F)c1F. The molecule has 1 N–H and O–H groups in total. The van der Waals surface area contributed by atoms with Crippen molar-refractivity contribution >= 4 is 0 Å². The van der Waals surface area contributed by atoms with Crippen molar-refractivity contribution in [2.45, 2.75) is 45.3 Å². The summed E-state index contributed by atoms with van der Waals surface area (Å²) in [5, 5.41) is 2.98. The first-order valence-electron chi connectivity index (χ1n) is 6.91. The Morgan fingerprint density at radius 1 is 1.10 bits per heavy atom. The Morgan fingerprint density at radius 3 is 2.15 bits per heavy atom. The summed E-state index contributed by atoms with van der Waals surface area (Å²) in [5.74, 6) is -3.79. The number of hydrogen-bond acceptors (Lipinski definition) is 2. The van der Waals surface area contributed by atoms with Crippen LogP contribution in [0.1, 0.15) is 45.2 Å². The number of likely N-dealkylation sites (N-methyl/N-ethyl adjacent to an activating group) is 1. The van der Waals surface area contributed by atoms with Gasteiger partial charge in [0.05, 0.1) is 11.6 Å². The van der Waals surface area contributed by atoms with Crippen molar-refractivity contribution in [1.29, 1.82) is 0 Å². The first-order chi connectivity index (χ1) is 9.47. The van der Waals surface area contributed by atoms with E-state index in [9.17, 15) is 13.2 Å². The minimum atomic E-state index is -1.44. The van der Waals surface area contributed by atoms with E-state index in [0.717, 1.165) is 6.07 Å². The molecule has 20 heavy (non-hydrogen) atoms. The second-order valence-corrected chi connectivity index (χ2v) is 4.69. The van der Waals surface area contributed by atoms with Crippen molar-refractivity contribution < 1.29 is 17.9 Å². The summed E-state index contributed by atoms with van der Waals surface area (Å²) in [6.07, 6.45) is 1.25. The van der Waals surface area contributed by atoms with E-state index in [-0.39, 0.29) is 5.56 Å². The molecule has 1 aromatic rings. The highest BCUT2D eigenvalue weighted by atomic mass is 19.2. The molecule has 0 saturated carbocycles. The Hall–Kier alpha value is -1.07. The summed E-state index contributed by atoms with van der Waals surface area (Å²) in [6.45, 7) is 6.18. The Kier molecular flexibility index (Phi) is 6.02. The predicted molar refractivity (Wildman–Crippen MR) is 73.1 cm³/mol. The van der Waals surface area contributed by atoms with E-state index in [2.05, 4.69) is 5.32 Å². The van der Waals surface area contributed by atoms with Crippen molar-refractivity contribution in [2.75, 3.05) is 13.7 Å². The third kappa shape index (κ3) is 2.99. The molecule has 0 bridgehead atoms. The summed E-state index contributed by atoms with van der Waals surface area (Å²) >= 11 is 0. The molecule has 1 aromatic carbocycles. The van der Waals surface area contributed by atoms with E-state index in [1.165, 1.54) is 6.07 Å². The fourth-order valence-corrected chi connectivity index (χ4v) is 2.70. The molecule has 0 radical (unpaired) electrons. The van der Waals surface area contributed by atoms with Gasteiger partial charge in [0.1, 0.15) is 0 Å². The van der Waals surface area contributed by atoms with Gasteiger partial charge in [-0.2, -0.15) is 0 Å². The number of benzene rings is 1. The summed E-state index contributed by atoms with van der Waals surface area (Å²) < 4.78 is 46.4. The third-order valence-electron chi connectivity index (χ3n) is 3.82. The Bertz CT molecular complexity index is 447. The predicted octanol–water partition coefficient (Wildman–Crippen LogP) is 3.96. The third-order valence-corrected chi connectivity index (χ3v) is 3.82. The van der Waals surface area contributed by atoms with Crippen LogP contribution in [-0.4, -0.2) is 19.3 Å². The molecular weight excluding hydrogens is 267 g/mol. The quantitative estimate of drug-likeness (QED) is 0.767. The average Bonchev–Trinajstić information content (AvgIpc) is 2.46. The molecule has 0 amide bonds. The Labute approximate surface area is 118 Å².